The van der Waals surface area contributed by atoms with Gasteiger partial charge in [-0.15, -0.1) is 0 Å². The van der Waals surface area contributed by atoms with Gasteiger partial charge in [-0.2, -0.15) is 0 Å². The summed E-state index contributed by atoms with van der Waals surface area (Å²) in [7, 11) is -1.77. The molecular formula is C8H9BO3. The Morgan fingerprint density at radius 2 is 2.17 bits per heavy atom. The first kappa shape index (κ1) is 8.84. The van der Waals surface area contributed by atoms with Crippen LogP contribution >= 0.6 is 0 Å². The molecule has 0 saturated heterocycles. The minimum atomic E-state index is -1.77. The molecule has 0 bridgehead atoms. The standard InChI is InChI=1S/C8H9BO3/c1-2-7-4-3-5-8(6-7)12-9(10)11/h2-6,10-11H,1H2. The maximum Gasteiger partial charge on any atom is 0.707 e. The second-order valence-electron chi connectivity index (χ2n) is 2.22. The summed E-state index contributed by atoms with van der Waals surface area (Å²) in [5, 5.41) is 17.0. The molecule has 0 aliphatic heterocycles. The van der Waals surface area contributed by atoms with Gasteiger partial charge in [-0.3, -0.25) is 0 Å². The van der Waals surface area contributed by atoms with Gasteiger partial charge in [-0.25, -0.2) is 0 Å². The van der Waals surface area contributed by atoms with E-state index in [1.807, 2.05) is 6.07 Å². The molecule has 1 aromatic rings. The zero-order valence-corrected chi connectivity index (χ0v) is 6.47. The third kappa shape index (κ3) is 2.41. The van der Waals surface area contributed by atoms with Crippen LogP contribution in [0.5, 0.6) is 5.75 Å². The van der Waals surface area contributed by atoms with Crippen LogP contribution in [-0.4, -0.2) is 17.4 Å². The van der Waals surface area contributed by atoms with E-state index in [2.05, 4.69) is 11.2 Å². The van der Waals surface area contributed by atoms with Gasteiger partial charge in [-0.1, -0.05) is 24.8 Å². The molecule has 0 amide bonds. The number of hydrogen-bond donors (Lipinski definition) is 2. The lowest BCUT2D eigenvalue weighted by Crippen LogP contribution is -2.20. The van der Waals surface area contributed by atoms with Crippen LogP contribution in [0.3, 0.4) is 0 Å². The minimum absolute atomic E-state index is 0.405. The van der Waals surface area contributed by atoms with Crippen molar-refractivity contribution in [2.75, 3.05) is 0 Å². The predicted molar refractivity (Wildman–Crippen MR) is 47.4 cm³/mol. The van der Waals surface area contributed by atoms with Crippen molar-refractivity contribution in [2.45, 2.75) is 0 Å². The van der Waals surface area contributed by atoms with Crippen LogP contribution < -0.4 is 4.65 Å². The molecule has 0 aromatic heterocycles. The third-order valence-electron chi connectivity index (χ3n) is 1.34. The summed E-state index contributed by atoms with van der Waals surface area (Å²) in [5.41, 5.74) is 0.869. The molecule has 0 atom stereocenters. The number of rotatable bonds is 3. The van der Waals surface area contributed by atoms with Crippen molar-refractivity contribution in [3.05, 3.63) is 36.4 Å². The van der Waals surface area contributed by atoms with E-state index in [0.717, 1.165) is 5.56 Å². The lowest BCUT2D eigenvalue weighted by molar-refractivity contribution is 0.288. The van der Waals surface area contributed by atoms with Gasteiger partial charge < -0.3 is 14.7 Å². The average Bonchev–Trinajstić information content (AvgIpc) is 2.03. The van der Waals surface area contributed by atoms with Crippen molar-refractivity contribution in [2.24, 2.45) is 0 Å². The van der Waals surface area contributed by atoms with E-state index in [1.165, 1.54) is 0 Å². The summed E-state index contributed by atoms with van der Waals surface area (Å²) in [6.45, 7) is 3.57. The maximum atomic E-state index is 8.48. The van der Waals surface area contributed by atoms with E-state index < -0.39 is 7.32 Å². The highest BCUT2D eigenvalue weighted by atomic mass is 16.6. The molecule has 3 nitrogen and oxygen atoms in total. The van der Waals surface area contributed by atoms with E-state index in [9.17, 15) is 0 Å². The second kappa shape index (κ2) is 3.94. The molecule has 1 rings (SSSR count). The Morgan fingerprint density at radius 3 is 2.75 bits per heavy atom. The summed E-state index contributed by atoms with van der Waals surface area (Å²) in [5.74, 6) is 0.405. The molecule has 0 aliphatic carbocycles. The predicted octanol–water partition coefficient (Wildman–Crippen LogP) is 0.678. The topological polar surface area (TPSA) is 49.7 Å². The van der Waals surface area contributed by atoms with Gasteiger partial charge in [0.2, 0.25) is 0 Å². The lowest BCUT2D eigenvalue weighted by Gasteiger charge is -2.04. The highest BCUT2D eigenvalue weighted by molar-refractivity contribution is 6.33. The molecular weight excluding hydrogens is 155 g/mol. The fourth-order valence-electron chi connectivity index (χ4n) is 0.837. The second-order valence-corrected chi connectivity index (χ2v) is 2.22. The van der Waals surface area contributed by atoms with Gasteiger partial charge in [0.1, 0.15) is 5.75 Å². The molecule has 0 fully saturated rings. The third-order valence-corrected chi connectivity index (χ3v) is 1.34. The highest BCUT2D eigenvalue weighted by Crippen LogP contribution is 2.13. The van der Waals surface area contributed by atoms with Crippen LogP contribution in [0.2, 0.25) is 0 Å². The van der Waals surface area contributed by atoms with Crippen LogP contribution in [0, 0.1) is 0 Å². The van der Waals surface area contributed by atoms with Crippen LogP contribution in [-0.2, 0) is 0 Å². The van der Waals surface area contributed by atoms with Crippen molar-refractivity contribution in [1.82, 2.24) is 0 Å². The van der Waals surface area contributed by atoms with Crippen molar-refractivity contribution < 1.29 is 14.7 Å². The van der Waals surface area contributed by atoms with Crippen molar-refractivity contribution in [1.29, 1.82) is 0 Å². The number of benzene rings is 1. The molecule has 62 valence electrons. The van der Waals surface area contributed by atoms with Crippen LogP contribution in [0.25, 0.3) is 6.08 Å². The Hall–Kier alpha value is -1.26. The first-order valence-electron chi connectivity index (χ1n) is 3.47. The van der Waals surface area contributed by atoms with Crippen molar-refractivity contribution in [3.63, 3.8) is 0 Å². The molecule has 0 radical (unpaired) electrons. The SMILES string of the molecule is C=Cc1cccc(OB(O)O)c1. The Balaban J connectivity index is 2.79. The van der Waals surface area contributed by atoms with Crippen molar-refractivity contribution >= 4 is 13.4 Å². The summed E-state index contributed by atoms with van der Waals surface area (Å²) in [6.07, 6.45) is 1.65. The summed E-state index contributed by atoms with van der Waals surface area (Å²) >= 11 is 0. The van der Waals surface area contributed by atoms with Crippen LogP contribution in [0.1, 0.15) is 5.56 Å². The first-order valence-corrected chi connectivity index (χ1v) is 3.47. The fraction of sp³-hybridized carbons (Fsp3) is 0. The molecule has 2 N–H and O–H groups in total. The van der Waals surface area contributed by atoms with E-state index in [0.29, 0.717) is 5.75 Å². The van der Waals surface area contributed by atoms with Gasteiger partial charge in [0, 0.05) is 0 Å². The summed E-state index contributed by atoms with van der Waals surface area (Å²) < 4.78 is 4.62. The normalized spacial score (nSPS) is 9.17. The molecule has 0 unspecified atom stereocenters. The van der Waals surface area contributed by atoms with Gasteiger partial charge >= 0.3 is 7.32 Å². The maximum absolute atomic E-state index is 8.48. The molecule has 4 heteroatoms. The van der Waals surface area contributed by atoms with E-state index in [-0.39, 0.29) is 0 Å². The zero-order chi connectivity index (χ0) is 8.97. The lowest BCUT2D eigenvalue weighted by atomic mass is 10.2. The Labute approximate surface area is 71.1 Å². The molecule has 0 aliphatic rings. The fourth-order valence-corrected chi connectivity index (χ4v) is 0.837. The van der Waals surface area contributed by atoms with Crippen LogP contribution in [0.15, 0.2) is 30.8 Å². The Bertz CT molecular complexity index is 273. The number of hydrogen-bond acceptors (Lipinski definition) is 3. The van der Waals surface area contributed by atoms with Crippen LogP contribution in [0.4, 0.5) is 0 Å². The molecule has 0 spiro atoms. The van der Waals surface area contributed by atoms with E-state index in [1.54, 1.807) is 24.3 Å². The average molecular weight is 164 g/mol. The van der Waals surface area contributed by atoms with Gasteiger partial charge in [-0.05, 0) is 17.7 Å². The Kier molecular flexibility index (Phi) is 2.91. The first-order chi connectivity index (χ1) is 5.72. The Morgan fingerprint density at radius 1 is 1.42 bits per heavy atom. The largest absolute Gasteiger partial charge is 0.707 e. The molecule has 12 heavy (non-hydrogen) atoms. The zero-order valence-electron chi connectivity index (χ0n) is 6.47. The molecule has 0 heterocycles. The monoisotopic (exact) mass is 164 g/mol. The highest BCUT2D eigenvalue weighted by Gasteiger charge is 2.10. The van der Waals surface area contributed by atoms with E-state index >= 15 is 0 Å². The van der Waals surface area contributed by atoms with Gasteiger partial charge in [0.25, 0.3) is 0 Å². The quantitative estimate of drug-likeness (QED) is 0.645. The molecule has 1 aromatic carbocycles. The summed E-state index contributed by atoms with van der Waals surface area (Å²) in [6, 6.07) is 6.87. The van der Waals surface area contributed by atoms with E-state index in [4.69, 9.17) is 10.0 Å². The molecule has 0 saturated carbocycles. The van der Waals surface area contributed by atoms with Crippen molar-refractivity contribution in [3.8, 4) is 5.75 Å². The van der Waals surface area contributed by atoms with Gasteiger partial charge in [0.15, 0.2) is 0 Å². The minimum Gasteiger partial charge on any atom is -0.512 e. The smallest absolute Gasteiger partial charge is 0.512 e. The summed E-state index contributed by atoms with van der Waals surface area (Å²) in [4.78, 5) is 0. The van der Waals surface area contributed by atoms with Gasteiger partial charge in [0.05, 0.1) is 0 Å².